The first-order valence-electron chi connectivity index (χ1n) is 11.4. The minimum absolute atomic E-state index is 0.156. The van der Waals surface area contributed by atoms with Gasteiger partial charge in [-0.3, -0.25) is 4.90 Å². The van der Waals surface area contributed by atoms with Crippen LogP contribution in [0.3, 0.4) is 0 Å². The lowest BCUT2D eigenvalue weighted by Crippen LogP contribution is -2.30. The monoisotopic (exact) mass is 420 g/mol. The molecule has 1 aliphatic carbocycles. The number of methoxy groups -OCH3 is 1. The summed E-state index contributed by atoms with van der Waals surface area (Å²) in [6.45, 7) is 3.53. The van der Waals surface area contributed by atoms with E-state index in [1.54, 1.807) is 13.2 Å². The van der Waals surface area contributed by atoms with Crippen molar-refractivity contribution in [2.45, 2.75) is 51.7 Å². The Balaban J connectivity index is 1.50. The van der Waals surface area contributed by atoms with Crippen molar-refractivity contribution in [1.82, 2.24) is 9.47 Å². The van der Waals surface area contributed by atoms with E-state index in [1.807, 2.05) is 24.3 Å². The Hall–Kier alpha value is -2.59. The van der Waals surface area contributed by atoms with Gasteiger partial charge in [0, 0.05) is 38.1 Å². The third-order valence-corrected chi connectivity index (χ3v) is 6.33. The molecular weight excluding hydrogens is 387 g/mol. The van der Waals surface area contributed by atoms with Crippen molar-refractivity contribution in [3.8, 4) is 5.75 Å². The maximum atomic E-state index is 13.8. The fourth-order valence-electron chi connectivity index (χ4n) is 4.76. The van der Waals surface area contributed by atoms with Crippen molar-refractivity contribution < 1.29 is 9.13 Å². The van der Waals surface area contributed by atoms with Crippen LogP contribution in [0.15, 0.2) is 66.9 Å². The number of rotatable bonds is 9. The second-order valence-electron chi connectivity index (χ2n) is 8.78. The molecule has 1 aromatic heterocycles. The maximum absolute atomic E-state index is 13.8. The standard InChI is InChI=1S/C27H33FN2O/c1-31-27-14-6-11-24(17-27)20-30-15-7-13-26(30)21-29(18-22-8-3-2-4-9-22)19-23-10-5-12-25(28)16-23/h5-7,10-17,22H,2-4,8-9,18-21H2,1H3. The van der Waals surface area contributed by atoms with Crippen molar-refractivity contribution in [1.29, 1.82) is 0 Å². The molecule has 0 saturated heterocycles. The molecule has 2 aromatic carbocycles. The normalized spacial score (nSPS) is 14.8. The topological polar surface area (TPSA) is 17.4 Å². The lowest BCUT2D eigenvalue weighted by Gasteiger charge is -2.30. The summed E-state index contributed by atoms with van der Waals surface area (Å²) in [6, 6.07) is 19.6. The van der Waals surface area contributed by atoms with E-state index in [4.69, 9.17) is 4.74 Å². The van der Waals surface area contributed by atoms with E-state index in [0.29, 0.717) is 0 Å². The molecule has 4 rings (SSSR count). The molecule has 0 spiro atoms. The van der Waals surface area contributed by atoms with Crippen molar-refractivity contribution in [2.75, 3.05) is 13.7 Å². The highest BCUT2D eigenvalue weighted by Gasteiger charge is 2.19. The second kappa shape index (κ2) is 10.6. The summed E-state index contributed by atoms with van der Waals surface area (Å²) in [6.07, 6.45) is 8.81. The summed E-state index contributed by atoms with van der Waals surface area (Å²) in [5, 5.41) is 0. The lowest BCUT2D eigenvalue weighted by molar-refractivity contribution is 0.183. The first-order valence-corrected chi connectivity index (χ1v) is 11.4. The summed E-state index contributed by atoms with van der Waals surface area (Å²) >= 11 is 0. The predicted molar refractivity (Wildman–Crippen MR) is 124 cm³/mol. The minimum atomic E-state index is -0.156. The van der Waals surface area contributed by atoms with Crippen molar-refractivity contribution in [2.24, 2.45) is 5.92 Å². The molecular formula is C27H33FN2O. The Kier molecular flexibility index (Phi) is 7.42. The lowest BCUT2D eigenvalue weighted by atomic mass is 9.89. The Morgan fingerprint density at radius 1 is 0.935 bits per heavy atom. The zero-order valence-electron chi connectivity index (χ0n) is 18.5. The molecule has 0 radical (unpaired) electrons. The molecule has 4 heteroatoms. The van der Waals surface area contributed by atoms with Crippen molar-refractivity contribution >= 4 is 0 Å². The van der Waals surface area contributed by atoms with Crippen molar-refractivity contribution in [3.05, 3.63) is 89.5 Å². The van der Waals surface area contributed by atoms with E-state index < -0.39 is 0 Å². The molecule has 1 aliphatic rings. The smallest absolute Gasteiger partial charge is 0.123 e. The van der Waals surface area contributed by atoms with Gasteiger partial charge in [0.1, 0.15) is 11.6 Å². The van der Waals surface area contributed by atoms with Crippen LogP contribution in [0, 0.1) is 11.7 Å². The van der Waals surface area contributed by atoms with E-state index in [1.165, 1.54) is 49.4 Å². The maximum Gasteiger partial charge on any atom is 0.123 e. The molecule has 1 fully saturated rings. The van der Waals surface area contributed by atoms with E-state index in [2.05, 4.69) is 39.9 Å². The van der Waals surface area contributed by atoms with Crippen LogP contribution >= 0.6 is 0 Å². The highest BCUT2D eigenvalue weighted by atomic mass is 19.1. The van der Waals surface area contributed by atoms with Gasteiger partial charge in [0.05, 0.1) is 7.11 Å². The van der Waals surface area contributed by atoms with Crippen molar-refractivity contribution in [3.63, 3.8) is 0 Å². The predicted octanol–water partition coefficient (Wildman–Crippen LogP) is 6.27. The molecule has 3 aromatic rings. The highest BCUT2D eigenvalue weighted by Crippen LogP contribution is 2.26. The Morgan fingerprint density at radius 3 is 2.55 bits per heavy atom. The van der Waals surface area contributed by atoms with Gasteiger partial charge in [-0.15, -0.1) is 0 Å². The molecule has 0 aliphatic heterocycles. The average molecular weight is 421 g/mol. The fourth-order valence-corrected chi connectivity index (χ4v) is 4.76. The van der Waals surface area contributed by atoms with Gasteiger partial charge in [-0.2, -0.15) is 0 Å². The van der Waals surface area contributed by atoms with Crippen LogP contribution < -0.4 is 4.74 Å². The number of hydrogen-bond acceptors (Lipinski definition) is 2. The largest absolute Gasteiger partial charge is 0.497 e. The van der Waals surface area contributed by atoms with Crippen LogP contribution in [-0.4, -0.2) is 23.1 Å². The van der Waals surface area contributed by atoms with E-state index in [9.17, 15) is 4.39 Å². The molecule has 0 amide bonds. The van der Waals surface area contributed by atoms with Gasteiger partial charge < -0.3 is 9.30 Å². The molecule has 0 bridgehead atoms. The third kappa shape index (κ3) is 6.20. The summed E-state index contributed by atoms with van der Waals surface area (Å²) in [7, 11) is 1.70. The number of halogens is 1. The van der Waals surface area contributed by atoms with Gasteiger partial charge in [-0.1, -0.05) is 43.5 Å². The molecule has 0 unspecified atom stereocenters. The van der Waals surface area contributed by atoms with Crippen LogP contribution in [0.2, 0.25) is 0 Å². The molecule has 1 saturated carbocycles. The zero-order chi connectivity index (χ0) is 21.5. The van der Waals surface area contributed by atoms with Gasteiger partial charge in [0.2, 0.25) is 0 Å². The van der Waals surface area contributed by atoms with Gasteiger partial charge in [0.15, 0.2) is 0 Å². The van der Waals surface area contributed by atoms with Crippen LogP contribution in [0.25, 0.3) is 0 Å². The first kappa shape index (κ1) is 21.6. The number of nitrogens with zero attached hydrogens (tertiary/aromatic N) is 2. The Morgan fingerprint density at radius 2 is 1.74 bits per heavy atom. The number of ether oxygens (including phenoxy) is 1. The first-order chi connectivity index (χ1) is 15.2. The van der Waals surface area contributed by atoms with Crippen LogP contribution in [0.4, 0.5) is 4.39 Å². The summed E-state index contributed by atoms with van der Waals surface area (Å²) < 4.78 is 21.5. The summed E-state index contributed by atoms with van der Waals surface area (Å²) in [5.74, 6) is 1.47. The molecule has 0 N–H and O–H groups in total. The number of aromatic nitrogens is 1. The summed E-state index contributed by atoms with van der Waals surface area (Å²) in [4.78, 5) is 2.50. The van der Waals surface area contributed by atoms with Gasteiger partial charge in [-0.25, -0.2) is 4.39 Å². The molecule has 0 atom stereocenters. The van der Waals surface area contributed by atoms with E-state index in [-0.39, 0.29) is 5.82 Å². The summed E-state index contributed by atoms with van der Waals surface area (Å²) in [5.41, 5.74) is 3.55. The Labute approximate surface area is 185 Å². The van der Waals surface area contributed by atoms with Crippen LogP contribution in [-0.2, 0) is 19.6 Å². The van der Waals surface area contributed by atoms with Gasteiger partial charge >= 0.3 is 0 Å². The average Bonchev–Trinajstić information content (AvgIpc) is 3.21. The quantitative estimate of drug-likeness (QED) is 0.406. The zero-order valence-corrected chi connectivity index (χ0v) is 18.5. The fraction of sp³-hybridized carbons (Fsp3) is 0.407. The van der Waals surface area contributed by atoms with Crippen LogP contribution in [0.1, 0.15) is 48.9 Å². The van der Waals surface area contributed by atoms with Gasteiger partial charge in [-0.05, 0) is 66.3 Å². The second-order valence-corrected chi connectivity index (χ2v) is 8.78. The van der Waals surface area contributed by atoms with E-state index in [0.717, 1.165) is 43.4 Å². The molecule has 1 heterocycles. The highest BCUT2D eigenvalue weighted by molar-refractivity contribution is 5.29. The number of hydrogen-bond donors (Lipinski definition) is 0. The Bertz CT molecular complexity index is 961. The molecule has 31 heavy (non-hydrogen) atoms. The minimum Gasteiger partial charge on any atom is -0.497 e. The van der Waals surface area contributed by atoms with Crippen LogP contribution in [0.5, 0.6) is 5.75 Å². The molecule has 164 valence electrons. The third-order valence-electron chi connectivity index (χ3n) is 6.33. The molecule has 3 nitrogen and oxygen atoms in total. The van der Waals surface area contributed by atoms with E-state index >= 15 is 0 Å². The number of benzene rings is 2. The van der Waals surface area contributed by atoms with Gasteiger partial charge in [0.25, 0.3) is 0 Å². The SMILES string of the molecule is COc1cccc(Cn2cccc2CN(Cc2cccc(F)c2)CC2CCCCC2)c1.